The second-order valence-electron chi connectivity index (χ2n) is 5.36. The monoisotopic (exact) mass is 417 g/mol. The number of H-pyrrole nitrogens is 1. The highest BCUT2D eigenvalue weighted by molar-refractivity contribution is 9.10. The van der Waals surface area contributed by atoms with Gasteiger partial charge in [0.2, 0.25) is 5.43 Å². The summed E-state index contributed by atoms with van der Waals surface area (Å²) in [6.45, 7) is 0.718. The lowest BCUT2D eigenvalue weighted by atomic mass is 10.1. The summed E-state index contributed by atoms with van der Waals surface area (Å²) in [7, 11) is 1.23. The maximum atomic E-state index is 12.4. The van der Waals surface area contributed by atoms with Gasteiger partial charge in [0.25, 0.3) is 0 Å². The van der Waals surface area contributed by atoms with Crippen LogP contribution in [0.2, 0.25) is 0 Å². The zero-order chi connectivity index (χ0) is 18.5. The number of hydrogen-bond donors (Lipinski definition) is 1. The summed E-state index contributed by atoms with van der Waals surface area (Å²) >= 11 is 3.39. The quantitative estimate of drug-likeness (QED) is 0.490. The number of aromatic amines is 1. The van der Waals surface area contributed by atoms with Crippen LogP contribution in [0.3, 0.4) is 0 Å². The minimum Gasteiger partial charge on any atom is -0.490 e. The van der Waals surface area contributed by atoms with Gasteiger partial charge in [0.1, 0.15) is 30.3 Å². The lowest BCUT2D eigenvalue weighted by Gasteiger charge is -2.11. The molecule has 0 unspecified atom stereocenters. The Bertz CT molecular complexity index is 984. The number of carbonyl (C=O) groups excluding carboxylic acids is 1. The fraction of sp³-hybridized carbons (Fsp3) is 0.158. The SMILES string of the molecule is COC(=O)c1c[nH]c2cc(OCCOc3ccccc3)c(Br)cc2c1=O. The van der Waals surface area contributed by atoms with Gasteiger partial charge in [0, 0.05) is 17.6 Å². The molecule has 0 saturated carbocycles. The molecule has 0 aliphatic carbocycles. The number of ether oxygens (including phenoxy) is 3. The van der Waals surface area contributed by atoms with Crippen molar-refractivity contribution in [2.24, 2.45) is 0 Å². The number of methoxy groups -OCH3 is 1. The summed E-state index contributed by atoms with van der Waals surface area (Å²) in [5.41, 5.74) is 0.118. The second kappa shape index (κ2) is 8.05. The van der Waals surface area contributed by atoms with Crippen molar-refractivity contribution in [1.82, 2.24) is 4.98 Å². The van der Waals surface area contributed by atoms with Gasteiger partial charge in [-0.25, -0.2) is 4.79 Å². The average Bonchev–Trinajstić information content (AvgIpc) is 2.66. The Morgan fingerprint density at radius 1 is 1.12 bits per heavy atom. The van der Waals surface area contributed by atoms with Crippen molar-refractivity contribution in [3.8, 4) is 11.5 Å². The highest BCUT2D eigenvalue weighted by atomic mass is 79.9. The Morgan fingerprint density at radius 2 is 1.85 bits per heavy atom. The molecule has 1 aromatic heterocycles. The van der Waals surface area contributed by atoms with E-state index in [1.54, 1.807) is 12.1 Å². The van der Waals surface area contributed by atoms with Crippen molar-refractivity contribution >= 4 is 32.8 Å². The Morgan fingerprint density at radius 3 is 2.58 bits per heavy atom. The minimum atomic E-state index is -0.678. The van der Waals surface area contributed by atoms with Crippen LogP contribution in [0.1, 0.15) is 10.4 Å². The molecule has 3 aromatic rings. The third-order valence-electron chi connectivity index (χ3n) is 3.69. The van der Waals surface area contributed by atoms with Crippen LogP contribution >= 0.6 is 15.9 Å². The van der Waals surface area contributed by atoms with E-state index in [0.29, 0.717) is 34.3 Å². The van der Waals surface area contributed by atoms with E-state index in [2.05, 4.69) is 25.7 Å². The minimum absolute atomic E-state index is 0.0446. The fourth-order valence-corrected chi connectivity index (χ4v) is 2.88. The van der Waals surface area contributed by atoms with E-state index in [0.717, 1.165) is 5.75 Å². The van der Waals surface area contributed by atoms with Gasteiger partial charge in [-0.2, -0.15) is 0 Å². The van der Waals surface area contributed by atoms with Crippen LogP contribution in [-0.2, 0) is 4.74 Å². The summed E-state index contributed by atoms with van der Waals surface area (Å²) in [5, 5.41) is 0.368. The lowest BCUT2D eigenvalue weighted by Crippen LogP contribution is -2.17. The number of pyridine rings is 1. The van der Waals surface area contributed by atoms with E-state index in [1.165, 1.54) is 13.3 Å². The van der Waals surface area contributed by atoms with Crippen LogP contribution < -0.4 is 14.9 Å². The summed E-state index contributed by atoms with van der Waals surface area (Å²) < 4.78 is 16.5. The number of nitrogens with one attached hydrogen (secondary N) is 1. The molecule has 2 aromatic carbocycles. The Labute approximate surface area is 157 Å². The van der Waals surface area contributed by atoms with Crippen LogP contribution in [0.25, 0.3) is 10.9 Å². The molecule has 7 heteroatoms. The van der Waals surface area contributed by atoms with Crippen molar-refractivity contribution in [2.75, 3.05) is 20.3 Å². The molecular weight excluding hydrogens is 402 g/mol. The van der Waals surface area contributed by atoms with Crippen LogP contribution in [0, 0.1) is 0 Å². The highest BCUT2D eigenvalue weighted by Crippen LogP contribution is 2.28. The smallest absolute Gasteiger partial charge is 0.343 e. The van der Waals surface area contributed by atoms with E-state index >= 15 is 0 Å². The number of esters is 1. The molecule has 1 N–H and O–H groups in total. The summed E-state index contributed by atoms with van der Waals surface area (Å²) in [5.74, 6) is 0.659. The molecule has 6 nitrogen and oxygen atoms in total. The second-order valence-corrected chi connectivity index (χ2v) is 6.22. The zero-order valence-corrected chi connectivity index (χ0v) is 15.5. The maximum absolute atomic E-state index is 12.4. The van der Waals surface area contributed by atoms with E-state index in [4.69, 9.17) is 9.47 Å². The summed E-state index contributed by atoms with van der Waals surface area (Å²) in [6, 6.07) is 12.8. The third-order valence-corrected chi connectivity index (χ3v) is 4.31. The Hall–Kier alpha value is -2.80. The number of benzene rings is 2. The first-order chi connectivity index (χ1) is 12.6. The van der Waals surface area contributed by atoms with E-state index in [-0.39, 0.29) is 5.56 Å². The molecule has 26 heavy (non-hydrogen) atoms. The van der Waals surface area contributed by atoms with E-state index in [9.17, 15) is 9.59 Å². The molecule has 0 radical (unpaired) electrons. The van der Waals surface area contributed by atoms with Crippen molar-refractivity contribution in [3.05, 3.63) is 68.9 Å². The standard InChI is InChI=1S/C19H16BrNO5/c1-24-19(23)14-11-21-16-10-17(15(20)9-13(16)18(14)22)26-8-7-25-12-5-3-2-4-6-12/h2-6,9-11H,7-8H2,1H3,(H,21,22). The van der Waals surface area contributed by atoms with Gasteiger partial charge in [-0.05, 0) is 34.1 Å². The third kappa shape index (κ3) is 3.88. The average molecular weight is 418 g/mol. The van der Waals surface area contributed by atoms with Gasteiger partial charge in [-0.15, -0.1) is 0 Å². The molecule has 1 heterocycles. The molecule has 0 spiro atoms. The summed E-state index contributed by atoms with van der Waals surface area (Å²) in [4.78, 5) is 27.0. The number of rotatable bonds is 6. The van der Waals surface area contributed by atoms with Crippen LogP contribution in [-0.4, -0.2) is 31.3 Å². The summed E-state index contributed by atoms with van der Waals surface area (Å²) in [6.07, 6.45) is 1.34. The van der Waals surface area contributed by atoms with Gasteiger partial charge < -0.3 is 19.2 Å². The van der Waals surface area contributed by atoms with Crippen molar-refractivity contribution in [3.63, 3.8) is 0 Å². The van der Waals surface area contributed by atoms with Crippen LogP contribution in [0.4, 0.5) is 0 Å². The number of halogens is 1. The van der Waals surface area contributed by atoms with Gasteiger partial charge in [-0.3, -0.25) is 4.79 Å². The van der Waals surface area contributed by atoms with Gasteiger partial charge in [-0.1, -0.05) is 18.2 Å². The number of hydrogen-bond acceptors (Lipinski definition) is 5. The van der Waals surface area contributed by atoms with Crippen molar-refractivity contribution in [1.29, 1.82) is 0 Å². The van der Waals surface area contributed by atoms with Gasteiger partial charge in [0.05, 0.1) is 17.1 Å². The predicted octanol–water partition coefficient (Wildman–Crippen LogP) is 3.54. The van der Waals surface area contributed by atoms with Crippen LogP contribution in [0.5, 0.6) is 11.5 Å². The molecular formula is C19H16BrNO5. The predicted molar refractivity (Wildman–Crippen MR) is 101 cm³/mol. The van der Waals surface area contributed by atoms with Crippen molar-refractivity contribution < 1.29 is 19.0 Å². The van der Waals surface area contributed by atoms with Gasteiger partial charge >= 0.3 is 5.97 Å². The van der Waals surface area contributed by atoms with E-state index in [1.807, 2.05) is 30.3 Å². The number of carbonyl (C=O) groups is 1. The maximum Gasteiger partial charge on any atom is 0.343 e. The number of para-hydroxylation sites is 1. The molecule has 0 aliphatic rings. The molecule has 134 valence electrons. The molecule has 0 aliphatic heterocycles. The molecule has 3 rings (SSSR count). The van der Waals surface area contributed by atoms with Crippen LogP contribution in [0.15, 0.2) is 57.9 Å². The molecule has 0 amide bonds. The first-order valence-corrected chi connectivity index (χ1v) is 8.63. The fourth-order valence-electron chi connectivity index (χ4n) is 2.42. The Balaban J connectivity index is 1.74. The highest BCUT2D eigenvalue weighted by Gasteiger charge is 2.15. The molecule has 0 fully saturated rings. The lowest BCUT2D eigenvalue weighted by molar-refractivity contribution is 0.0599. The van der Waals surface area contributed by atoms with E-state index < -0.39 is 11.4 Å². The van der Waals surface area contributed by atoms with Crippen molar-refractivity contribution in [2.45, 2.75) is 0 Å². The number of aromatic nitrogens is 1. The molecule has 0 atom stereocenters. The number of fused-ring (bicyclic) bond motifs is 1. The molecule has 0 bridgehead atoms. The van der Waals surface area contributed by atoms with Gasteiger partial charge in [0.15, 0.2) is 0 Å². The normalized spacial score (nSPS) is 10.5. The topological polar surface area (TPSA) is 77.6 Å². The first kappa shape index (κ1) is 18.0. The largest absolute Gasteiger partial charge is 0.490 e. The zero-order valence-electron chi connectivity index (χ0n) is 14.0. The molecule has 0 saturated heterocycles. The Kier molecular flexibility index (Phi) is 5.58. The first-order valence-electron chi connectivity index (χ1n) is 7.84.